The summed E-state index contributed by atoms with van der Waals surface area (Å²) in [4.78, 5) is 4.59. The van der Waals surface area contributed by atoms with Crippen LogP contribution in [0.4, 0.5) is 0 Å². The molecule has 0 aliphatic carbocycles. The average molecular weight is 418 g/mol. The van der Waals surface area contributed by atoms with Crippen molar-refractivity contribution in [3.05, 3.63) is 47.5 Å². The summed E-state index contributed by atoms with van der Waals surface area (Å²) in [6.07, 6.45) is -0.770. The summed E-state index contributed by atoms with van der Waals surface area (Å²) in [5, 5.41) is 17.0. The molecular weight excluding hydrogens is 386 g/mol. The van der Waals surface area contributed by atoms with Gasteiger partial charge in [-0.1, -0.05) is 0 Å². The van der Waals surface area contributed by atoms with E-state index in [9.17, 15) is 5.11 Å². The summed E-state index contributed by atoms with van der Waals surface area (Å²) in [5.74, 6) is 3.26. The molecule has 1 unspecified atom stereocenters. The van der Waals surface area contributed by atoms with Crippen LogP contribution in [0.2, 0.25) is 0 Å². The maximum Gasteiger partial charge on any atom is 0.191 e. The highest BCUT2D eigenvalue weighted by Gasteiger charge is 2.12. The molecule has 0 aliphatic heterocycles. The normalized spacial score (nSPS) is 12.1. The summed E-state index contributed by atoms with van der Waals surface area (Å²) in [6, 6.07) is 10.9. The molecule has 30 heavy (non-hydrogen) atoms. The molecule has 0 spiro atoms. The SMILES string of the molecule is CCNC(=NCc1ccc(OC)cc1OC)NCC(O)c1cc(OC)cc(OC)c1. The smallest absolute Gasteiger partial charge is 0.191 e. The van der Waals surface area contributed by atoms with Gasteiger partial charge in [0.05, 0.1) is 41.1 Å². The predicted molar refractivity (Wildman–Crippen MR) is 117 cm³/mol. The Bertz CT molecular complexity index is 819. The summed E-state index contributed by atoms with van der Waals surface area (Å²) in [5.41, 5.74) is 1.61. The molecule has 1 atom stereocenters. The minimum Gasteiger partial charge on any atom is -0.497 e. The molecule has 0 bridgehead atoms. The molecule has 0 heterocycles. The van der Waals surface area contributed by atoms with E-state index in [1.54, 1.807) is 46.6 Å². The Balaban J connectivity index is 2.08. The van der Waals surface area contributed by atoms with Gasteiger partial charge in [-0.05, 0) is 36.8 Å². The van der Waals surface area contributed by atoms with Crippen LogP contribution in [0.5, 0.6) is 23.0 Å². The van der Waals surface area contributed by atoms with E-state index in [0.717, 1.165) is 11.3 Å². The molecule has 8 heteroatoms. The molecule has 0 saturated carbocycles. The lowest BCUT2D eigenvalue weighted by molar-refractivity contribution is 0.180. The van der Waals surface area contributed by atoms with Gasteiger partial charge in [0.25, 0.3) is 0 Å². The zero-order valence-corrected chi connectivity index (χ0v) is 18.2. The minimum atomic E-state index is -0.770. The monoisotopic (exact) mass is 417 g/mol. The molecule has 0 aliphatic rings. The van der Waals surface area contributed by atoms with Crippen molar-refractivity contribution in [1.29, 1.82) is 0 Å². The van der Waals surface area contributed by atoms with Crippen molar-refractivity contribution in [2.24, 2.45) is 4.99 Å². The van der Waals surface area contributed by atoms with Crippen LogP contribution in [0.25, 0.3) is 0 Å². The second-order valence-corrected chi connectivity index (χ2v) is 6.42. The van der Waals surface area contributed by atoms with Crippen LogP contribution < -0.4 is 29.6 Å². The van der Waals surface area contributed by atoms with Crippen LogP contribution in [-0.2, 0) is 6.54 Å². The van der Waals surface area contributed by atoms with Crippen LogP contribution in [0.1, 0.15) is 24.2 Å². The first-order chi connectivity index (χ1) is 14.5. The number of guanidine groups is 1. The van der Waals surface area contributed by atoms with Crippen molar-refractivity contribution in [3.63, 3.8) is 0 Å². The highest BCUT2D eigenvalue weighted by atomic mass is 16.5. The zero-order valence-electron chi connectivity index (χ0n) is 18.2. The van der Waals surface area contributed by atoms with Crippen LogP contribution in [-0.4, -0.2) is 52.6 Å². The molecule has 8 nitrogen and oxygen atoms in total. The van der Waals surface area contributed by atoms with Gasteiger partial charge in [-0.2, -0.15) is 0 Å². The molecule has 2 rings (SSSR count). The second-order valence-electron chi connectivity index (χ2n) is 6.42. The molecule has 2 aromatic rings. The topological polar surface area (TPSA) is 93.6 Å². The summed E-state index contributed by atoms with van der Waals surface area (Å²) in [7, 11) is 6.38. The maximum atomic E-state index is 10.6. The number of rotatable bonds is 10. The highest BCUT2D eigenvalue weighted by molar-refractivity contribution is 5.79. The Morgan fingerprint density at radius 3 is 2.13 bits per heavy atom. The maximum absolute atomic E-state index is 10.6. The number of methoxy groups -OCH3 is 4. The van der Waals surface area contributed by atoms with Crippen LogP contribution in [0, 0.1) is 0 Å². The molecule has 2 aromatic carbocycles. The summed E-state index contributed by atoms with van der Waals surface area (Å²) >= 11 is 0. The first kappa shape index (κ1) is 23.2. The number of ether oxygens (including phenoxy) is 4. The number of nitrogens with zero attached hydrogens (tertiary/aromatic N) is 1. The van der Waals surface area contributed by atoms with Crippen molar-refractivity contribution in [3.8, 4) is 23.0 Å². The Morgan fingerprint density at radius 1 is 0.900 bits per heavy atom. The number of benzene rings is 2. The number of aliphatic hydroxyl groups excluding tert-OH is 1. The van der Waals surface area contributed by atoms with Gasteiger partial charge in [0.2, 0.25) is 0 Å². The molecule has 164 valence electrons. The number of hydrogen-bond donors (Lipinski definition) is 3. The van der Waals surface area contributed by atoms with Gasteiger partial charge in [0, 0.05) is 30.8 Å². The highest BCUT2D eigenvalue weighted by Crippen LogP contribution is 2.27. The first-order valence-corrected chi connectivity index (χ1v) is 9.68. The van der Waals surface area contributed by atoms with Gasteiger partial charge in [-0.25, -0.2) is 4.99 Å². The molecule has 0 fully saturated rings. The molecular formula is C22H31N3O5. The van der Waals surface area contributed by atoms with E-state index in [0.29, 0.717) is 41.9 Å². The minimum absolute atomic E-state index is 0.266. The van der Waals surface area contributed by atoms with Crippen molar-refractivity contribution in [2.75, 3.05) is 41.5 Å². The van der Waals surface area contributed by atoms with E-state index in [-0.39, 0.29) is 6.54 Å². The standard InChI is InChI=1S/C22H31N3O5/c1-6-23-22(24-13-15-7-8-17(27-2)12-21(15)30-5)25-14-20(26)16-9-18(28-3)11-19(10-16)29-4/h7-12,20,26H,6,13-14H2,1-5H3,(H2,23,24,25). The van der Waals surface area contributed by atoms with E-state index in [1.165, 1.54) is 0 Å². The molecule has 0 aromatic heterocycles. The summed E-state index contributed by atoms with van der Waals surface area (Å²) < 4.78 is 21.2. The number of hydrogen-bond acceptors (Lipinski definition) is 6. The molecule has 3 N–H and O–H groups in total. The van der Waals surface area contributed by atoms with Gasteiger partial charge in [-0.15, -0.1) is 0 Å². The Morgan fingerprint density at radius 2 is 1.57 bits per heavy atom. The fourth-order valence-electron chi connectivity index (χ4n) is 2.82. The molecule has 0 saturated heterocycles. The lowest BCUT2D eigenvalue weighted by Gasteiger charge is -2.17. The third-order valence-corrected chi connectivity index (χ3v) is 4.47. The van der Waals surface area contributed by atoms with Gasteiger partial charge in [0.15, 0.2) is 5.96 Å². The van der Waals surface area contributed by atoms with Gasteiger partial charge in [0.1, 0.15) is 23.0 Å². The fourth-order valence-corrected chi connectivity index (χ4v) is 2.82. The van der Waals surface area contributed by atoms with E-state index < -0.39 is 6.10 Å². The number of aliphatic hydroxyl groups is 1. The average Bonchev–Trinajstić information content (AvgIpc) is 2.79. The van der Waals surface area contributed by atoms with Crippen LogP contribution in [0.3, 0.4) is 0 Å². The van der Waals surface area contributed by atoms with Crippen LogP contribution in [0.15, 0.2) is 41.4 Å². The van der Waals surface area contributed by atoms with Crippen molar-refractivity contribution in [2.45, 2.75) is 19.6 Å². The molecule has 0 radical (unpaired) electrons. The van der Waals surface area contributed by atoms with Crippen molar-refractivity contribution >= 4 is 5.96 Å². The lowest BCUT2D eigenvalue weighted by atomic mass is 10.1. The van der Waals surface area contributed by atoms with Crippen molar-refractivity contribution in [1.82, 2.24) is 10.6 Å². The van der Waals surface area contributed by atoms with E-state index in [4.69, 9.17) is 18.9 Å². The number of nitrogens with one attached hydrogen (secondary N) is 2. The van der Waals surface area contributed by atoms with Gasteiger partial charge in [-0.3, -0.25) is 0 Å². The number of aliphatic imine (C=N–C) groups is 1. The Hall–Kier alpha value is -3.13. The predicted octanol–water partition coefficient (Wildman–Crippen LogP) is 2.51. The quantitative estimate of drug-likeness (QED) is 0.404. The zero-order chi connectivity index (χ0) is 21.9. The lowest BCUT2D eigenvalue weighted by Crippen LogP contribution is -2.39. The van der Waals surface area contributed by atoms with E-state index >= 15 is 0 Å². The van der Waals surface area contributed by atoms with Gasteiger partial charge >= 0.3 is 0 Å². The van der Waals surface area contributed by atoms with E-state index in [1.807, 2.05) is 25.1 Å². The Labute approximate surface area is 177 Å². The van der Waals surface area contributed by atoms with Crippen molar-refractivity contribution < 1.29 is 24.1 Å². The third-order valence-electron chi connectivity index (χ3n) is 4.47. The Kier molecular flexibility index (Phi) is 9.08. The second kappa shape index (κ2) is 11.8. The summed E-state index contributed by atoms with van der Waals surface area (Å²) in [6.45, 7) is 3.34. The fraction of sp³-hybridized carbons (Fsp3) is 0.409. The first-order valence-electron chi connectivity index (χ1n) is 9.68. The third kappa shape index (κ3) is 6.45. The van der Waals surface area contributed by atoms with E-state index in [2.05, 4.69) is 15.6 Å². The molecule has 0 amide bonds. The van der Waals surface area contributed by atoms with Crippen LogP contribution >= 0.6 is 0 Å². The van der Waals surface area contributed by atoms with Gasteiger partial charge < -0.3 is 34.7 Å². The largest absolute Gasteiger partial charge is 0.497 e.